The van der Waals surface area contributed by atoms with Crippen molar-refractivity contribution in [2.75, 3.05) is 18.8 Å². The lowest BCUT2D eigenvalue weighted by atomic mass is 9.84. The molecule has 0 radical (unpaired) electrons. The molecule has 3 nitrogen and oxygen atoms in total. The molecule has 1 heterocycles. The van der Waals surface area contributed by atoms with Crippen LogP contribution in [0.25, 0.3) is 21.9 Å². The molecule has 4 heteroatoms. The van der Waals surface area contributed by atoms with Crippen molar-refractivity contribution in [3.63, 3.8) is 0 Å². The van der Waals surface area contributed by atoms with E-state index < -0.39 is 8.16 Å². The Kier molecular flexibility index (Phi) is 4.10. The van der Waals surface area contributed by atoms with E-state index >= 15 is 0 Å². The molecule has 0 fully saturated rings. The van der Waals surface area contributed by atoms with Crippen LogP contribution in [0.15, 0.2) is 32.7 Å². The molecule has 0 amide bonds. The molecule has 3 aromatic rings. The van der Waals surface area contributed by atoms with Crippen molar-refractivity contribution in [1.82, 2.24) is 0 Å². The second-order valence-corrected chi connectivity index (χ2v) is 9.48. The van der Waals surface area contributed by atoms with Crippen molar-refractivity contribution in [3.05, 3.63) is 46.5 Å². The lowest BCUT2D eigenvalue weighted by Crippen LogP contribution is -2.05. The molecule has 0 unspecified atom stereocenters. The van der Waals surface area contributed by atoms with Gasteiger partial charge in [-0.1, -0.05) is 12.1 Å². The second kappa shape index (κ2) is 6.48. The van der Waals surface area contributed by atoms with Crippen LogP contribution < -0.4 is 4.67 Å². The fraction of sp³-hybridized carbons (Fsp3) is 0.455. The molecule has 0 saturated carbocycles. The Morgan fingerprint density at radius 1 is 0.692 bits per heavy atom. The molecule has 2 aromatic carbocycles. The molecule has 1 aromatic heterocycles. The van der Waals surface area contributed by atoms with Gasteiger partial charge in [0, 0.05) is 24.9 Å². The average Bonchev–Trinajstić information content (AvgIpc) is 2.85. The summed E-state index contributed by atoms with van der Waals surface area (Å²) in [5, 5.41) is 2.67. The number of aryl methyl sites for hydroxylation is 4. The Morgan fingerprint density at radius 2 is 1.15 bits per heavy atom. The first-order valence-corrected chi connectivity index (χ1v) is 11.0. The predicted molar refractivity (Wildman–Crippen MR) is 110 cm³/mol. The number of fused-ring (bicyclic) bond motifs is 7. The van der Waals surface area contributed by atoms with Crippen LogP contribution in [0, 0.1) is 0 Å². The zero-order valence-corrected chi connectivity index (χ0v) is 16.6. The highest BCUT2D eigenvalue weighted by atomic mass is 31.1. The minimum absolute atomic E-state index is 1.02. The van der Waals surface area contributed by atoms with E-state index in [9.17, 15) is 0 Å². The van der Waals surface area contributed by atoms with Crippen molar-refractivity contribution in [1.29, 1.82) is 0 Å². The molecule has 0 bridgehead atoms. The lowest BCUT2D eigenvalue weighted by molar-refractivity contribution is 0.632. The topological polar surface area (TPSA) is 29.5 Å². The summed E-state index contributed by atoms with van der Waals surface area (Å²) in [6.45, 7) is 0. The zero-order chi connectivity index (χ0) is 17.7. The number of benzene rings is 2. The van der Waals surface area contributed by atoms with E-state index in [2.05, 4.69) is 28.9 Å². The van der Waals surface area contributed by atoms with Gasteiger partial charge >= 0.3 is 8.16 Å². The number of rotatable bonds is 1. The van der Waals surface area contributed by atoms with Gasteiger partial charge in [0.05, 0.1) is 0 Å². The molecule has 0 N–H and O–H groups in total. The first-order valence-electron chi connectivity index (χ1n) is 9.85. The Hall–Kier alpha value is -1.70. The molecular weight excluding hydrogens is 341 g/mol. The Morgan fingerprint density at radius 3 is 1.62 bits per heavy atom. The maximum atomic E-state index is 6.43. The predicted octanol–water partition coefficient (Wildman–Crippen LogP) is 6.25. The molecule has 26 heavy (non-hydrogen) atoms. The Labute approximate surface area is 155 Å². The quantitative estimate of drug-likeness (QED) is 0.509. The summed E-state index contributed by atoms with van der Waals surface area (Å²) in [6, 6.07) is 8.96. The summed E-state index contributed by atoms with van der Waals surface area (Å²) < 4.78 is 14.9. The smallest absolute Gasteiger partial charge is 0.309 e. The normalized spacial score (nSPS) is 16.7. The number of hydrogen-bond acceptors (Lipinski definition) is 3. The van der Waals surface area contributed by atoms with Gasteiger partial charge in [-0.05, 0) is 85.8 Å². The first kappa shape index (κ1) is 16.5. The number of nitrogens with zero attached hydrogens (tertiary/aromatic N) is 1. The second-order valence-electron chi connectivity index (χ2n) is 7.83. The van der Waals surface area contributed by atoms with Crippen molar-refractivity contribution < 1.29 is 8.39 Å². The van der Waals surface area contributed by atoms with Crippen molar-refractivity contribution in [3.8, 4) is 0 Å². The summed E-state index contributed by atoms with van der Waals surface area (Å²) in [6.07, 6.45) is 9.84. The fourth-order valence-electron chi connectivity index (χ4n) is 4.66. The Bertz CT molecular complexity index is 957. The lowest BCUT2D eigenvalue weighted by Gasteiger charge is -2.20. The van der Waals surface area contributed by atoms with Gasteiger partial charge in [-0.2, -0.15) is 0 Å². The molecule has 2 aliphatic carbocycles. The third-order valence-corrected chi connectivity index (χ3v) is 7.28. The van der Waals surface area contributed by atoms with Crippen LogP contribution in [0.3, 0.4) is 0 Å². The molecular formula is C22H26NO2P. The average molecular weight is 367 g/mol. The highest BCUT2D eigenvalue weighted by Gasteiger charge is 2.21. The third kappa shape index (κ3) is 2.61. The van der Waals surface area contributed by atoms with Crippen LogP contribution in [0.2, 0.25) is 0 Å². The standard InChI is InChI=1S/C22H26NO2P/c1-23(2)26-24-19-13-11-15-7-3-5-9-17(15)21(19)22-18-10-6-4-8-16(18)12-14-20(22)25-26/h11-14H,3-10H2,1-2H3. The maximum Gasteiger partial charge on any atom is 0.309 e. The highest BCUT2D eigenvalue weighted by molar-refractivity contribution is 7.38. The maximum absolute atomic E-state index is 6.43. The molecule has 0 atom stereocenters. The van der Waals surface area contributed by atoms with Gasteiger partial charge in [0.15, 0.2) is 0 Å². The molecule has 0 spiro atoms. The molecule has 2 aliphatic rings. The zero-order valence-electron chi connectivity index (χ0n) is 15.7. The van der Waals surface area contributed by atoms with Gasteiger partial charge in [0.2, 0.25) is 0 Å². The van der Waals surface area contributed by atoms with Crippen LogP contribution in [0.1, 0.15) is 47.9 Å². The van der Waals surface area contributed by atoms with E-state index in [0.29, 0.717) is 0 Å². The summed E-state index contributed by atoms with van der Waals surface area (Å²) in [7, 11) is 2.95. The van der Waals surface area contributed by atoms with Crippen LogP contribution in [-0.4, -0.2) is 14.1 Å². The summed E-state index contributed by atoms with van der Waals surface area (Å²) in [5.74, 6) is 0. The van der Waals surface area contributed by atoms with Crippen LogP contribution in [-0.2, 0) is 25.7 Å². The van der Waals surface area contributed by atoms with Crippen LogP contribution in [0.5, 0.6) is 0 Å². The monoisotopic (exact) mass is 367 g/mol. The minimum atomic E-state index is -1.12. The number of hydrogen-bond donors (Lipinski definition) is 0. The van der Waals surface area contributed by atoms with Gasteiger partial charge in [-0.25, -0.2) is 4.67 Å². The van der Waals surface area contributed by atoms with Crippen LogP contribution >= 0.6 is 8.16 Å². The van der Waals surface area contributed by atoms with Crippen molar-refractivity contribution in [2.24, 2.45) is 0 Å². The van der Waals surface area contributed by atoms with E-state index in [1.54, 1.807) is 0 Å². The minimum Gasteiger partial charge on any atom is -0.408 e. The van der Waals surface area contributed by atoms with Gasteiger partial charge in [-0.15, -0.1) is 0 Å². The SMILES string of the molecule is CN(C)p1oc2ccc3c(c2c2c4c(ccc2o1)CCCC4)CCCC3. The van der Waals surface area contributed by atoms with Crippen molar-refractivity contribution >= 4 is 30.1 Å². The van der Waals surface area contributed by atoms with Gasteiger partial charge in [0.25, 0.3) is 0 Å². The fourth-order valence-corrected chi connectivity index (χ4v) is 5.67. The van der Waals surface area contributed by atoms with Gasteiger partial charge < -0.3 is 8.39 Å². The molecule has 0 saturated heterocycles. The Balaban J connectivity index is 2.01. The largest absolute Gasteiger partial charge is 0.408 e. The summed E-state index contributed by atoms with van der Waals surface area (Å²) in [5.41, 5.74) is 8.07. The van der Waals surface area contributed by atoms with Crippen molar-refractivity contribution in [2.45, 2.75) is 51.4 Å². The first-order chi connectivity index (χ1) is 12.7. The summed E-state index contributed by atoms with van der Waals surface area (Å²) in [4.78, 5) is 0. The molecule has 0 aliphatic heterocycles. The summed E-state index contributed by atoms with van der Waals surface area (Å²) >= 11 is 0. The molecule has 5 rings (SSSR count). The van der Waals surface area contributed by atoms with E-state index in [-0.39, 0.29) is 0 Å². The van der Waals surface area contributed by atoms with Gasteiger partial charge in [0.1, 0.15) is 11.2 Å². The third-order valence-electron chi connectivity index (χ3n) is 5.92. The van der Waals surface area contributed by atoms with E-state index in [0.717, 1.165) is 24.0 Å². The van der Waals surface area contributed by atoms with E-state index in [1.165, 1.54) is 71.6 Å². The van der Waals surface area contributed by atoms with Crippen LogP contribution in [0.4, 0.5) is 0 Å². The van der Waals surface area contributed by atoms with E-state index in [1.807, 2.05) is 14.1 Å². The molecule has 136 valence electrons. The highest BCUT2D eigenvalue weighted by Crippen LogP contribution is 2.42. The van der Waals surface area contributed by atoms with E-state index in [4.69, 9.17) is 8.39 Å². The van der Waals surface area contributed by atoms with Gasteiger partial charge in [-0.3, -0.25) is 0 Å².